The van der Waals surface area contributed by atoms with Crippen LogP contribution >= 0.6 is 0 Å². The molecule has 1 aliphatic heterocycles. The van der Waals surface area contributed by atoms with Crippen LogP contribution < -0.4 is 5.32 Å². The van der Waals surface area contributed by atoms with Gasteiger partial charge in [0.1, 0.15) is 6.04 Å². The van der Waals surface area contributed by atoms with E-state index in [9.17, 15) is 14.7 Å². The maximum absolute atomic E-state index is 12.3. The van der Waals surface area contributed by atoms with Gasteiger partial charge in [-0.1, -0.05) is 34.6 Å². The van der Waals surface area contributed by atoms with Gasteiger partial charge in [0.15, 0.2) is 0 Å². The largest absolute Gasteiger partial charge is 0.480 e. The highest BCUT2D eigenvalue weighted by molar-refractivity contribution is 5.83. The first kappa shape index (κ1) is 16.8. The van der Waals surface area contributed by atoms with Gasteiger partial charge in [-0.2, -0.15) is 0 Å². The Bertz CT molecular complexity index is 372. The van der Waals surface area contributed by atoms with Crippen molar-refractivity contribution in [1.82, 2.24) is 10.2 Å². The van der Waals surface area contributed by atoms with Crippen LogP contribution in [0.2, 0.25) is 0 Å². The summed E-state index contributed by atoms with van der Waals surface area (Å²) in [6, 6.07) is -1.13. The summed E-state index contributed by atoms with van der Waals surface area (Å²) in [7, 11) is 0. The number of rotatable bonds is 2. The van der Waals surface area contributed by atoms with Gasteiger partial charge in [-0.15, -0.1) is 0 Å². The Balaban J connectivity index is 2.68. The van der Waals surface area contributed by atoms with Gasteiger partial charge in [-0.3, -0.25) is 0 Å². The molecule has 0 radical (unpaired) electrons. The van der Waals surface area contributed by atoms with Crippen LogP contribution in [-0.4, -0.2) is 41.1 Å². The molecule has 0 aromatic rings. The summed E-state index contributed by atoms with van der Waals surface area (Å²) in [5.74, 6) is -0.985. The van der Waals surface area contributed by atoms with Crippen LogP contribution in [0.3, 0.4) is 0 Å². The highest BCUT2D eigenvalue weighted by Gasteiger charge is 2.34. The Hall–Kier alpha value is -1.26. The first-order valence-corrected chi connectivity index (χ1v) is 7.31. The summed E-state index contributed by atoms with van der Waals surface area (Å²) in [6.07, 6.45) is 3.01. The molecule has 2 N–H and O–H groups in total. The summed E-state index contributed by atoms with van der Waals surface area (Å²) < 4.78 is 0. The first-order chi connectivity index (χ1) is 9.03. The zero-order valence-electron chi connectivity index (χ0n) is 13.3. The Labute approximate surface area is 121 Å². The predicted molar refractivity (Wildman–Crippen MR) is 78.6 cm³/mol. The summed E-state index contributed by atoms with van der Waals surface area (Å²) in [5, 5.41) is 11.9. The van der Waals surface area contributed by atoms with E-state index in [0.29, 0.717) is 13.1 Å². The minimum Gasteiger partial charge on any atom is -0.480 e. The molecule has 5 nitrogen and oxygen atoms in total. The molecule has 1 fully saturated rings. The minimum atomic E-state index is -0.985. The topological polar surface area (TPSA) is 69.6 Å². The fraction of sp³-hybridized carbons (Fsp3) is 0.867. The van der Waals surface area contributed by atoms with Crippen molar-refractivity contribution in [1.29, 1.82) is 0 Å². The van der Waals surface area contributed by atoms with Crippen LogP contribution in [0, 0.1) is 10.8 Å². The molecule has 0 aromatic carbocycles. The van der Waals surface area contributed by atoms with E-state index in [0.717, 1.165) is 19.3 Å². The number of carbonyl (C=O) groups is 2. The van der Waals surface area contributed by atoms with E-state index in [-0.39, 0.29) is 11.4 Å². The van der Waals surface area contributed by atoms with Gasteiger partial charge >= 0.3 is 12.0 Å². The third-order valence-corrected chi connectivity index (χ3v) is 4.01. The van der Waals surface area contributed by atoms with E-state index < -0.39 is 17.4 Å². The van der Waals surface area contributed by atoms with Gasteiger partial charge in [0.2, 0.25) is 0 Å². The maximum Gasteiger partial charge on any atom is 0.326 e. The van der Waals surface area contributed by atoms with Gasteiger partial charge in [0, 0.05) is 13.1 Å². The number of nitrogens with zero attached hydrogens (tertiary/aromatic N) is 1. The molecular formula is C15H28N2O3. The fourth-order valence-corrected chi connectivity index (χ4v) is 2.49. The number of likely N-dealkylation sites (tertiary alicyclic amines) is 1. The lowest BCUT2D eigenvalue weighted by Gasteiger charge is -2.31. The van der Waals surface area contributed by atoms with E-state index in [1.807, 2.05) is 20.8 Å². The summed E-state index contributed by atoms with van der Waals surface area (Å²) in [6.45, 7) is 11.3. The number of aliphatic carboxylic acids is 1. The van der Waals surface area contributed by atoms with Crippen molar-refractivity contribution in [2.75, 3.05) is 13.1 Å². The molecule has 0 aliphatic carbocycles. The Morgan fingerprint density at radius 2 is 1.80 bits per heavy atom. The van der Waals surface area contributed by atoms with Crippen LogP contribution in [0.4, 0.5) is 4.79 Å². The number of carboxylic acids is 1. The molecule has 1 aliphatic rings. The average Bonchev–Trinajstić information content (AvgIpc) is 2.44. The molecule has 1 unspecified atom stereocenters. The van der Waals surface area contributed by atoms with Crippen molar-refractivity contribution in [2.24, 2.45) is 10.8 Å². The smallest absolute Gasteiger partial charge is 0.326 e. The second kappa shape index (κ2) is 6.02. The van der Waals surface area contributed by atoms with E-state index in [4.69, 9.17) is 0 Å². The molecule has 1 heterocycles. The molecule has 0 aromatic heterocycles. The molecule has 20 heavy (non-hydrogen) atoms. The lowest BCUT2D eigenvalue weighted by Crippen LogP contribution is -2.53. The average molecular weight is 284 g/mol. The third-order valence-electron chi connectivity index (χ3n) is 4.01. The third kappa shape index (κ3) is 4.69. The second-order valence-electron chi connectivity index (χ2n) is 7.59. The maximum atomic E-state index is 12.3. The van der Waals surface area contributed by atoms with Crippen molar-refractivity contribution >= 4 is 12.0 Å². The number of hydrogen-bond acceptors (Lipinski definition) is 2. The Morgan fingerprint density at radius 3 is 2.30 bits per heavy atom. The second-order valence-corrected chi connectivity index (χ2v) is 7.59. The molecule has 0 bridgehead atoms. The lowest BCUT2D eigenvalue weighted by atomic mass is 9.85. The number of urea groups is 1. The van der Waals surface area contributed by atoms with Crippen LogP contribution in [0.25, 0.3) is 0 Å². The number of carbonyl (C=O) groups excluding carboxylic acids is 1. The molecule has 116 valence electrons. The van der Waals surface area contributed by atoms with E-state index in [2.05, 4.69) is 19.2 Å². The Kier molecular flexibility index (Phi) is 5.05. The number of hydrogen-bond donors (Lipinski definition) is 2. The van der Waals surface area contributed by atoms with Gasteiger partial charge in [0.25, 0.3) is 0 Å². The zero-order chi connectivity index (χ0) is 15.6. The molecular weight excluding hydrogens is 256 g/mol. The van der Waals surface area contributed by atoms with Gasteiger partial charge < -0.3 is 15.3 Å². The van der Waals surface area contributed by atoms with Gasteiger partial charge in [-0.05, 0) is 30.1 Å². The highest BCUT2D eigenvalue weighted by Crippen LogP contribution is 2.30. The minimum absolute atomic E-state index is 0.255. The van der Waals surface area contributed by atoms with E-state index >= 15 is 0 Å². The fourth-order valence-electron chi connectivity index (χ4n) is 2.49. The highest BCUT2D eigenvalue weighted by atomic mass is 16.4. The zero-order valence-corrected chi connectivity index (χ0v) is 13.3. The summed E-state index contributed by atoms with van der Waals surface area (Å²) in [5.41, 5.74) is -0.252. The molecule has 0 spiro atoms. The van der Waals surface area contributed by atoms with Crippen molar-refractivity contribution in [2.45, 2.75) is 59.9 Å². The molecule has 2 amide bonds. The predicted octanol–water partition coefficient (Wildman–Crippen LogP) is 2.71. The standard InChI is InChI=1S/C15H28N2O3/c1-14(2,3)11(12(18)19)16-13(20)17-9-6-7-15(4,5)8-10-17/h11H,6-10H2,1-5H3,(H,16,20)(H,18,19). The normalized spacial score (nSPS) is 20.9. The number of nitrogens with one attached hydrogen (secondary N) is 1. The number of carboxylic acid groups (broad SMARTS) is 1. The lowest BCUT2D eigenvalue weighted by molar-refractivity contribution is -0.142. The van der Waals surface area contributed by atoms with E-state index in [1.54, 1.807) is 4.90 Å². The molecule has 5 heteroatoms. The van der Waals surface area contributed by atoms with Crippen LogP contribution in [0.1, 0.15) is 53.9 Å². The quantitative estimate of drug-likeness (QED) is 0.819. The van der Waals surface area contributed by atoms with Crippen molar-refractivity contribution in [3.8, 4) is 0 Å². The van der Waals surface area contributed by atoms with Gasteiger partial charge in [-0.25, -0.2) is 9.59 Å². The monoisotopic (exact) mass is 284 g/mol. The Morgan fingerprint density at radius 1 is 1.20 bits per heavy atom. The SMILES string of the molecule is CC1(C)CCCN(C(=O)NC(C(=O)O)C(C)(C)C)CC1. The van der Waals surface area contributed by atoms with E-state index in [1.165, 1.54) is 0 Å². The number of amides is 2. The van der Waals surface area contributed by atoms with Crippen LogP contribution in [-0.2, 0) is 4.79 Å². The van der Waals surface area contributed by atoms with Crippen molar-refractivity contribution in [3.05, 3.63) is 0 Å². The van der Waals surface area contributed by atoms with Gasteiger partial charge in [0.05, 0.1) is 0 Å². The first-order valence-electron chi connectivity index (χ1n) is 7.31. The summed E-state index contributed by atoms with van der Waals surface area (Å²) in [4.78, 5) is 25.3. The molecule has 1 atom stereocenters. The molecule has 1 rings (SSSR count). The molecule has 1 saturated heterocycles. The van der Waals surface area contributed by atoms with Crippen molar-refractivity contribution in [3.63, 3.8) is 0 Å². The molecule has 0 saturated carbocycles. The van der Waals surface area contributed by atoms with Crippen LogP contribution in [0.5, 0.6) is 0 Å². The summed E-state index contributed by atoms with van der Waals surface area (Å²) >= 11 is 0. The van der Waals surface area contributed by atoms with Crippen LogP contribution in [0.15, 0.2) is 0 Å². The van der Waals surface area contributed by atoms with Crippen molar-refractivity contribution < 1.29 is 14.7 Å².